The van der Waals surface area contributed by atoms with E-state index in [9.17, 15) is 9.59 Å². The molecule has 0 aromatic heterocycles. The monoisotopic (exact) mass is 312 g/mol. The average Bonchev–Trinajstić information content (AvgIpc) is 3.09. The molecule has 2 heterocycles. The second-order valence-electron chi connectivity index (χ2n) is 7.38. The molecule has 2 aliphatic heterocycles. The van der Waals surface area contributed by atoms with E-state index in [4.69, 9.17) is 0 Å². The number of carbonyl (C=O) groups is 2. The van der Waals surface area contributed by atoms with Gasteiger partial charge in [-0.1, -0.05) is 30.5 Å². The van der Waals surface area contributed by atoms with E-state index in [1.54, 1.807) is 0 Å². The Bertz CT molecular complexity index is 611. The van der Waals surface area contributed by atoms with Crippen LogP contribution in [0.15, 0.2) is 24.3 Å². The average molecular weight is 312 g/mol. The van der Waals surface area contributed by atoms with Crippen LogP contribution in [0.5, 0.6) is 0 Å². The van der Waals surface area contributed by atoms with Crippen LogP contribution in [0.2, 0.25) is 0 Å². The summed E-state index contributed by atoms with van der Waals surface area (Å²) in [5.41, 5.74) is 1.85. The Hall–Kier alpha value is -1.68. The second kappa shape index (κ2) is 5.75. The zero-order chi connectivity index (χ0) is 16.0. The maximum Gasteiger partial charge on any atom is 0.251 e. The van der Waals surface area contributed by atoms with Gasteiger partial charge < -0.3 is 0 Å². The van der Waals surface area contributed by atoms with Crippen LogP contribution in [0, 0.1) is 18.8 Å². The molecule has 0 unspecified atom stereocenters. The molecule has 4 nitrogen and oxygen atoms in total. The molecule has 2 amide bonds. The van der Waals surface area contributed by atoms with Crippen molar-refractivity contribution >= 4 is 17.5 Å². The van der Waals surface area contributed by atoms with Crippen LogP contribution >= 0.6 is 0 Å². The molecule has 2 saturated heterocycles. The molecule has 0 bridgehead atoms. The summed E-state index contributed by atoms with van der Waals surface area (Å²) in [6.45, 7) is 4.00. The van der Waals surface area contributed by atoms with E-state index in [1.165, 1.54) is 30.6 Å². The normalized spacial score (nSPS) is 31.7. The second-order valence-corrected chi connectivity index (χ2v) is 7.38. The van der Waals surface area contributed by atoms with E-state index in [2.05, 4.69) is 4.90 Å². The molecule has 3 fully saturated rings. The highest BCUT2D eigenvalue weighted by Gasteiger charge is 2.46. The fourth-order valence-electron chi connectivity index (χ4n) is 4.56. The first-order chi connectivity index (χ1) is 11.1. The first kappa shape index (κ1) is 14.9. The summed E-state index contributed by atoms with van der Waals surface area (Å²) in [7, 11) is 0. The summed E-state index contributed by atoms with van der Waals surface area (Å²) in [5, 5.41) is 0. The van der Waals surface area contributed by atoms with Gasteiger partial charge in [-0.3, -0.25) is 14.5 Å². The van der Waals surface area contributed by atoms with Crippen LogP contribution in [0.25, 0.3) is 0 Å². The predicted molar refractivity (Wildman–Crippen MR) is 89.1 cm³/mol. The lowest BCUT2D eigenvalue weighted by Gasteiger charge is -2.23. The quantitative estimate of drug-likeness (QED) is 0.789. The Morgan fingerprint density at radius 3 is 2.17 bits per heavy atom. The lowest BCUT2D eigenvalue weighted by atomic mass is 9.82. The number of benzene rings is 1. The molecule has 1 aromatic rings. The van der Waals surface area contributed by atoms with Gasteiger partial charge in [0.1, 0.15) is 0 Å². The van der Waals surface area contributed by atoms with Crippen molar-refractivity contribution in [2.75, 3.05) is 18.0 Å². The van der Waals surface area contributed by atoms with Crippen LogP contribution in [-0.2, 0) is 9.59 Å². The first-order valence-corrected chi connectivity index (χ1v) is 8.81. The molecule has 4 heteroatoms. The molecule has 0 radical (unpaired) electrons. The Kier molecular flexibility index (Phi) is 3.72. The van der Waals surface area contributed by atoms with E-state index in [1.807, 2.05) is 31.2 Å². The number of carbonyl (C=O) groups excluding carboxylic acids is 2. The van der Waals surface area contributed by atoms with Gasteiger partial charge in [-0.25, -0.2) is 4.90 Å². The van der Waals surface area contributed by atoms with Crippen LogP contribution < -0.4 is 4.90 Å². The Morgan fingerprint density at radius 2 is 1.57 bits per heavy atom. The smallest absolute Gasteiger partial charge is 0.251 e. The number of anilines is 1. The molecule has 23 heavy (non-hydrogen) atoms. The summed E-state index contributed by atoms with van der Waals surface area (Å²) >= 11 is 0. The standard InChI is InChI=1S/C19H24N2O2/c1-13-6-8-16(9-7-13)21-18(22)10-17(19(21)23)20-11-14-4-2-3-5-15(14)12-20/h6-9,14-15,17H,2-5,10-12H2,1H3/t14-,15-,17-/m0/s1. The van der Waals surface area contributed by atoms with Crippen LogP contribution in [-0.4, -0.2) is 35.8 Å². The van der Waals surface area contributed by atoms with E-state index in [0.29, 0.717) is 12.1 Å². The molecular formula is C19H24N2O2. The fraction of sp³-hybridized carbons (Fsp3) is 0.579. The molecule has 0 spiro atoms. The molecule has 1 saturated carbocycles. The van der Waals surface area contributed by atoms with E-state index >= 15 is 0 Å². The van der Waals surface area contributed by atoms with Gasteiger partial charge in [-0.15, -0.1) is 0 Å². The van der Waals surface area contributed by atoms with Crippen molar-refractivity contribution < 1.29 is 9.59 Å². The number of imide groups is 1. The Morgan fingerprint density at radius 1 is 0.957 bits per heavy atom. The number of nitrogens with zero attached hydrogens (tertiary/aromatic N) is 2. The number of likely N-dealkylation sites (tertiary alicyclic amines) is 1. The zero-order valence-electron chi connectivity index (χ0n) is 13.7. The molecule has 3 aliphatic rings. The van der Waals surface area contributed by atoms with Crippen LogP contribution in [0.4, 0.5) is 5.69 Å². The van der Waals surface area contributed by atoms with E-state index in [0.717, 1.165) is 30.5 Å². The van der Waals surface area contributed by atoms with Gasteiger partial charge in [0.2, 0.25) is 5.91 Å². The lowest BCUT2D eigenvalue weighted by molar-refractivity contribution is -0.122. The van der Waals surface area contributed by atoms with Gasteiger partial charge in [0, 0.05) is 13.1 Å². The highest BCUT2D eigenvalue weighted by molar-refractivity contribution is 6.22. The SMILES string of the molecule is Cc1ccc(N2C(=O)C[C@H](N3C[C@@H]4CCCC[C@H]4C3)C2=O)cc1. The van der Waals surface area contributed by atoms with Gasteiger partial charge in [0.15, 0.2) is 0 Å². The number of amides is 2. The summed E-state index contributed by atoms with van der Waals surface area (Å²) in [5.74, 6) is 1.39. The van der Waals surface area contributed by atoms with E-state index < -0.39 is 0 Å². The maximum absolute atomic E-state index is 12.9. The minimum atomic E-state index is -0.241. The topological polar surface area (TPSA) is 40.6 Å². The summed E-state index contributed by atoms with van der Waals surface area (Å²) in [4.78, 5) is 29.0. The fourth-order valence-corrected chi connectivity index (χ4v) is 4.56. The highest BCUT2D eigenvalue weighted by atomic mass is 16.2. The Balaban J connectivity index is 1.52. The number of aryl methyl sites for hydroxylation is 1. The van der Waals surface area contributed by atoms with E-state index in [-0.39, 0.29) is 17.9 Å². The number of hydrogen-bond acceptors (Lipinski definition) is 3. The molecule has 0 N–H and O–H groups in total. The lowest BCUT2D eigenvalue weighted by Crippen LogP contribution is -2.41. The molecular weight excluding hydrogens is 288 g/mol. The summed E-state index contributed by atoms with van der Waals surface area (Å²) in [6, 6.07) is 7.41. The van der Waals surface area contributed by atoms with Crippen molar-refractivity contribution in [2.45, 2.75) is 45.1 Å². The largest absolute Gasteiger partial charge is 0.291 e. The number of rotatable bonds is 2. The summed E-state index contributed by atoms with van der Waals surface area (Å²) in [6.07, 6.45) is 5.56. The minimum absolute atomic E-state index is 0.0301. The molecule has 4 rings (SSSR count). The third-order valence-electron chi connectivity index (χ3n) is 5.86. The van der Waals surface area contributed by atoms with Gasteiger partial charge in [-0.05, 0) is 43.7 Å². The van der Waals surface area contributed by atoms with Gasteiger partial charge in [0.05, 0.1) is 18.2 Å². The van der Waals surface area contributed by atoms with Gasteiger partial charge >= 0.3 is 0 Å². The molecule has 1 aliphatic carbocycles. The third kappa shape index (κ3) is 2.59. The molecule has 3 atom stereocenters. The van der Waals surface area contributed by atoms with Crippen molar-refractivity contribution in [1.82, 2.24) is 4.90 Å². The van der Waals surface area contributed by atoms with Crippen LogP contribution in [0.1, 0.15) is 37.7 Å². The van der Waals surface area contributed by atoms with Crippen LogP contribution in [0.3, 0.4) is 0 Å². The third-order valence-corrected chi connectivity index (χ3v) is 5.86. The Labute approximate surface area is 137 Å². The maximum atomic E-state index is 12.9. The first-order valence-electron chi connectivity index (χ1n) is 8.81. The van der Waals surface area contributed by atoms with Crippen molar-refractivity contribution in [3.8, 4) is 0 Å². The highest BCUT2D eigenvalue weighted by Crippen LogP contribution is 2.38. The number of fused-ring (bicyclic) bond motifs is 1. The molecule has 122 valence electrons. The summed E-state index contributed by atoms with van der Waals surface area (Å²) < 4.78 is 0. The minimum Gasteiger partial charge on any atom is -0.291 e. The zero-order valence-corrected chi connectivity index (χ0v) is 13.7. The van der Waals surface area contributed by atoms with Crippen molar-refractivity contribution in [3.63, 3.8) is 0 Å². The van der Waals surface area contributed by atoms with Gasteiger partial charge in [0.25, 0.3) is 5.91 Å². The molecule has 1 aromatic carbocycles. The van der Waals surface area contributed by atoms with Crippen molar-refractivity contribution in [1.29, 1.82) is 0 Å². The predicted octanol–water partition coefficient (Wildman–Crippen LogP) is 2.75. The van der Waals surface area contributed by atoms with Crippen molar-refractivity contribution in [3.05, 3.63) is 29.8 Å². The van der Waals surface area contributed by atoms with Crippen molar-refractivity contribution in [2.24, 2.45) is 11.8 Å². The number of hydrogen-bond donors (Lipinski definition) is 0. The van der Waals surface area contributed by atoms with Gasteiger partial charge in [-0.2, -0.15) is 0 Å².